The van der Waals surface area contributed by atoms with E-state index in [0.717, 1.165) is 36.1 Å². The minimum Gasteiger partial charge on any atom is -0.492 e. The quantitative estimate of drug-likeness (QED) is 0.295. The number of ether oxygens (including phenoxy) is 1. The molecule has 2 aliphatic rings. The second-order valence-electron chi connectivity index (χ2n) is 10.5. The molecular weight excluding hydrogens is 504 g/mol. The molecule has 0 aromatic heterocycles. The van der Waals surface area contributed by atoms with Crippen molar-refractivity contribution < 1.29 is 28.2 Å². The first-order valence-corrected chi connectivity index (χ1v) is 13.7. The number of fused-ring (bicyclic) bond motifs is 1. The predicted octanol–water partition coefficient (Wildman–Crippen LogP) is 6.64. The van der Waals surface area contributed by atoms with Gasteiger partial charge in [0.2, 0.25) is 0 Å². The standard InChI is InChI=1S/C30H37F2N3O4/c1-4-22-17-33-26-24(22)15-23(16-25(26)39-5-2)20(3)35(14-10-9-13-21-11-7-6-8-12-21)28(38)34-29(27(36)37)18-30(31,32)19-29/h6-8,11-12,15-17,20,22H,4-5,9-10,13-14,18-19H2,1-3H3,(H,34,38)(H,36,37). The van der Waals surface area contributed by atoms with Gasteiger partial charge in [0.05, 0.1) is 12.6 Å². The highest BCUT2D eigenvalue weighted by atomic mass is 19.3. The molecule has 4 rings (SSSR count). The Labute approximate surface area is 228 Å². The first-order valence-electron chi connectivity index (χ1n) is 13.7. The van der Waals surface area contributed by atoms with Crippen molar-refractivity contribution in [1.29, 1.82) is 0 Å². The molecule has 2 amide bonds. The molecule has 1 saturated carbocycles. The van der Waals surface area contributed by atoms with Gasteiger partial charge in [-0.3, -0.25) is 4.99 Å². The van der Waals surface area contributed by atoms with Gasteiger partial charge in [-0.05, 0) is 62.3 Å². The summed E-state index contributed by atoms with van der Waals surface area (Å²) in [6, 6.07) is 12.8. The van der Waals surface area contributed by atoms with Gasteiger partial charge in [-0.2, -0.15) is 0 Å². The zero-order valence-corrected chi connectivity index (χ0v) is 22.8. The zero-order chi connectivity index (χ0) is 28.2. The van der Waals surface area contributed by atoms with Crippen molar-refractivity contribution in [2.75, 3.05) is 13.2 Å². The highest BCUT2D eigenvalue weighted by Crippen LogP contribution is 2.46. The molecule has 1 heterocycles. The number of aliphatic carboxylic acids is 1. The van der Waals surface area contributed by atoms with E-state index in [1.807, 2.05) is 62.5 Å². The number of hydrogen-bond donors (Lipinski definition) is 2. The van der Waals surface area contributed by atoms with Gasteiger partial charge in [0, 0.05) is 31.5 Å². The monoisotopic (exact) mass is 541 g/mol. The summed E-state index contributed by atoms with van der Waals surface area (Å²) in [5.41, 5.74) is 1.85. The summed E-state index contributed by atoms with van der Waals surface area (Å²) in [5, 5.41) is 12.2. The number of amides is 2. The first kappa shape index (κ1) is 28.5. The van der Waals surface area contributed by atoms with Gasteiger partial charge in [0.25, 0.3) is 5.92 Å². The van der Waals surface area contributed by atoms with Gasteiger partial charge in [-0.25, -0.2) is 18.4 Å². The molecular formula is C30H37F2N3O4. The van der Waals surface area contributed by atoms with Crippen molar-refractivity contribution >= 4 is 23.9 Å². The maximum absolute atomic E-state index is 13.7. The Hall–Kier alpha value is -3.49. The number of carboxylic acid groups (broad SMARTS) is 1. The summed E-state index contributed by atoms with van der Waals surface area (Å²) in [7, 11) is 0. The molecule has 2 N–H and O–H groups in total. The van der Waals surface area contributed by atoms with Crippen LogP contribution in [0.2, 0.25) is 0 Å². The fourth-order valence-electron chi connectivity index (χ4n) is 5.46. The third kappa shape index (κ3) is 6.23. The van der Waals surface area contributed by atoms with E-state index in [0.29, 0.717) is 25.3 Å². The Balaban J connectivity index is 1.58. The van der Waals surface area contributed by atoms with Gasteiger partial charge in [0.15, 0.2) is 5.54 Å². The van der Waals surface area contributed by atoms with E-state index in [9.17, 15) is 23.5 Å². The second-order valence-corrected chi connectivity index (χ2v) is 10.5. The van der Waals surface area contributed by atoms with Crippen LogP contribution in [0.1, 0.15) is 81.5 Å². The van der Waals surface area contributed by atoms with Crippen LogP contribution in [0, 0.1) is 0 Å². The number of unbranched alkanes of at least 4 members (excludes halogenated alkanes) is 1. The Morgan fingerprint density at radius 1 is 1.18 bits per heavy atom. The molecule has 1 aliphatic carbocycles. The summed E-state index contributed by atoms with van der Waals surface area (Å²) in [5.74, 6) is -3.79. The third-order valence-electron chi connectivity index (χ3n) is 7.69. The Morgan fingerprint density at radius 3 is 2.51 bits per heavy atom. The largest absolute Gasteiger partial charge is 0.492 e. The van der Waals surface area contributed by atoms with Gasteiger partial charge in [0.1, 0.15) is 11.4 Å². The summed E-state index contributed by atoms with van der Waals surface area (Å²) in [6.45, 7) is 6.63. The van der Waals surface area contributed by atoms with Crippen LogP contribution in [0.3, 0.4) is 0 Å². The van der Waals surface area contributed by atoms with Crippen LogP contribution < -0.4 is 10.1 Å². The molecule has 1 aliphatic heterocycles. The average Bonchev–Trinajstić information content (AvgIpc) is 3.31. The number of aliphatic imine (C=N–C) groups is 1. The number of nitrogens with one attached hydrogen (secondary N) is 1. The van der Waals surface area contributed by atoms with E-state index >= 15 is 0 Å². The number of rotatable bonds is 12. The molecule has 39 heavy (non-hydrogen) atoms. The SMILES string of the molecule is CCOc1cc(C(C)N(CCCCc2ccccc2)C(=O)NC2(C(=O)O)CC(F)(F)C2)cc2c1N=CC2CC. The van der Waals surface area contributed by atoms with Crippen molar-refractivity contribution in [3.8, 4) is 5.75 Å². The maximum atomic E-state index is 13.7. The van der Waals surface area contributed by atoms with E-state index in [1.54, 1.807) is 4.90 Å². The molecule has 0 radical (unpaired) electrons. The maximum Gasteiger partial charge on any atom is 0.329 e. The summed E-state index contributed by atoms with van der Waals surface area (Å²) < 4.78 is 33.4. The number of carbonyl (C=O) groups is 2. The number of benzene rings is 2. The van der Waals surface area contributed by atoms with Crippen LogP contribution in [0.25, 0.3) is 0 Å². The molecule has 0 bridgehead atoms. The number of nitrogens with zero attached hydrogens (tertiary/aromatic N) is 2. The number of carbonyl (C=O) groups excluding carboxylic acids is 1. The van der Waals surface area contributed by atoms with E-state index < -0.39 is 42.3 Å². The number of carboxylic acids is 1. The molecule has 2 unspecified atom stereocenters. The van der Waals surface area contributed by atoms with Gasteiger partial charge in [-0.15, -0.1) is 0 Å². The smallest absolute Gasteiger partial charge is 0.329 e. The molecule has 2 aromatic carbocycles. The molecule has 2 aromatic rings. The molecule has 7 nitrogen and oxygen atoms in total. The van der Waals surface area contributed by atoms with Gasteiger partial charge >= 0.3 is 12.0 Å². The van der Waals surface area contributed by atoms with Crippen LogP contribution >= 0.6 is 0 Å². The number of alkyl halides is 2. The topological polar surface area (TPSA) is 91.2 Å². The molecule has 0 spiro atoms. The first-order chi connectivity index (χ1) is 18.6. The Bertz CT molecular complexity index is 1210. The van der Waals surface area contributed by atoms with E-state index in [2.05, 4.69) is 17.2 Å². The summed E-state index contributed by atoms with van der Waals surface area (Å²) in [6.07, 6.45) is 3.23. The Morgan fingerprint density at radius 2 is 1.90 bits per heavy atom. The van der Waals surface area contributed by atoms with Crippen molar-refractivity contribution in [3.63, 3.8) is 0 Å². The van der Waals surface area contributed by atoms with Crippen LogP contribution in [0.15, 0.2) is 47.5 Å². The number of halogens is 2. The van der Waals surface area contributed by atoms with Gasteiger partial charge < -0.3 is 20.1 Å². The summed E-state index contributed by atoms with van der Waals surface area (Å²) >= 11 is 0. The van der Waals surface area contributed by atoms with E-state index in [1.165, 1.54) is 5.56 Å². The fraction of sp³-hybridized carbons (Fsp3) is 0.500. The lowest BCUT2D eigenvalue weighted by Crippen LogP contribution is -2.68. The minimum atomic E-state index is -3.11. The van der Waals surface area contributed by atoms with Crippen molar-refractivity contribution in [3.05, 3.63) is 59.2 Å². The normalized spacial score (nSPS) is 19.1. The lowest BCUT2D eigenvalue weighted by molar-refractivity contribution is -0.175. The minimum absolute atomic E-state index is 0.131. The van der Waals surface area contributed by atoms with Crippen molar-refractivity contribution in [2.24, 2.45) is 4.99 Å². The Kier molecular flexibility index (Phi) is 8.57. The number of aryl methyl sites for hydroxylation is 1. The molecule has 210 valence electrons. The van der Waals surface area contributed by atoms with Crippen molar-refractivity contribution in [2.45, 2.75) is 82.7 Å². The lowest BCUT2D eigenvalue weighted by atomic mass is 9.73. The third-order valence-corrected chi connectivity index (χ3v) is 7.69. The highest BCUT2D eigenvalue weighted by Gasteiger charge is 2.62. The molecule has 0 saturated heterocycles. The number of urea groups is 1. The van der Waals surface area contributed by atoms with Crippen LogP contribution in [-0.2, 0) is 11.2 Å². The second kappa shape index (κ2) is 11.7. The molecule has 9 heteroatoms. The molecule has 1 fully saturated rings. The van der Waals surface area contributed by atoms with Crippen LogP contribution in [0.5, 0.6) is 5.75 Å². The predicted molar refractivity (Wildman–Crippen MR) is 146 cm³/mol. The van der Waals surface area contributed by atoms with Crippen LogP contribution in [0.4, 0.5) is 19.3 Å². The van der Waals surface area contributed by atoms with Gasteiger partial charge in [-0.1, -0.05) is 43.3 Å². The highest BCUT2D eigenvalue weighted by molar-refractivity contribution is 5.88. The fourth-order valence-corrected chi connectivity index (χ4v) is 5.46. The van der Waals surface area contributed by atoms with E-state index in [4.69, 9.17) is 4.74 Å². The molecule has 2 atom stereocenters. The van der Waals surface area contributed by atoms with Crippen molar-refractivity contribution in [1.82, 2.24) is 10.2 Å². The lowest BCUT2D eigenvalue weighted by Gasteiger charge is -2.45. The van der Waals surface area contributed by atoms with E-state index in [-0.39, 0.29) is 5.92 Å². The number of hydrogen-bond acceptors (Lipinski definition) is 4. The average molecular weight is 542 g/mol. The van der Waals surface area contributed by atoms with Crippen LogP contribution in [-0.4, -0.2) is 52.8 Å². The summed E-state index contributed by atoms with van der Waals surface area (Å²) in [4.78, 5) is 31.6. The zero-order valence-electron chi connectivity index (χ0n) is 22.8.